The van der Waals surface area contributed by atoms with Crippen LogP contribution in [0.4, 0.5) is 9.18 Å². The second-order valence-corrected chi connectivity index (χ2v) is 5.16. The third-order valence-electron chi connectivity index (χ3n) is 3.51. The van der Waals surface area contributed by atoms with Crippen molar-refractivity contribution in [2.45, 2.75) is 6.10 Å². The summed E-state index contributed by atoms with van der Waals surface area (Å²) in [5.74, 6) is -0.411. The fraction of sp³-hybridized carbons (Fsp3) is 0.533. The number of halogens is 1. The van der Waals surface area contributed by atoms with E-state index in [0.29, 0.717) is 12.1 Å². The van der Waals surface area contributed by atoms with Gasteiger partial charge >= 0.3 is 6.03 Å². The Kier molecular flexibility index (Phi) is 6.57. The van der Waals surface area contributed by atoms with E-state index in [4.69, 9.17) is 4.74 Å². The standard InChI is InChI=1S/C15H22FN3O3/c16-13-3-1-2-12(10-13)14(20)11-18-15(21)17-4-5-19-6-8-22-9-7-19/h1-3,10,14,20H,4-9,11H2,(H2,17,18,21)/t14-/m1/s1. The monoisotopic (exact) mass is 311 g/mol. The van der Waals surface area contributed by atoms with E-state index in [9.17, 15) is 14.3 Å². The van der Waals surface area contributed by atoms with Gasteiger partial charge in [-0.1, -0.05) is 12.1 Å². The minimum Gasteiger partial charge on any atom is -0.387 e. The van der Waals surface area contributed by atoms with Crippen molar-refractivity contribution in [3.63, 3.8) is 0 Å². The number of amides is 2. The Morgan fingerprint density at radius 3 is 2.86 bits per heavy atom. The number of carbonyl (C=O) groups excluding carboxylic acids is 1. The Labute approximate surface area is 129 Å². The second kappa shape index (κ2) is 8.67. The minimum atomic E-state index is -0.930. The first-order chi connectivity index (χ1) is 10.6. The lowest BCUT2D eigenvalue weighted by Crippen LogP contribution is -2.44. The number of aliphatic hydroxyl groups excluding tert-OH is 1. The van der Waals surface area contributed by atoms with Gasteiger partial charge in [0, 0.05) is 32.7 Å². The molecule has 0 spiro atoms. The van der Waals surface area contributed by atoms with Crippen molar-refractivity contribution in [2.24, 2.45) is 0 Å². The lowest BCUT2D eigenvalue weighted by Gasteiger charge is -2.26. The number of nitrogens with zero attached hydrogens (tertiary/aromatic N) is 1. The zero-order valence-corrected chi connectivity index (χ0v) is 12.4. The quantitative estimate of drug-likeness (QED) is 0.715. The number of hydrogen-bond donors (Lipinski definition) is 3. The molecule has 122 valence electrons. The Hall–Kier alpha value is -1.70. The van der Waals surface area contributed by atoms with E-state index in [1.807, 2.05) is 0 Å². The molecule has 6 nitrogen and oxygen atoms in total. The Balaban J connectivity index is 1.62. The molecule has 1 aromatic carbocycles. The van der Waals surface area contributed by atoms with Crippen molar-refractivity contribution in [1.29, 1.82) is 0 Å². The number of ether oxygens (including phenoxy) is 1. The van der Waals surface area contributed by atoms with Crippen LogP contribution in [0.25, 0.3) is 0 Å². The summed E-state index contributed by atoms with van der Waals surface area (Å²) in [5, 5.41) is 15.2. The summed E-state index contributed by atoms with van der Waals surface area (Å²) in [6.45, 7) is 4.54. The summed E-state index contributed by atoms with van der Waals surface area (Å²) in [5.41, 5.74) is 0.439. The largest absolute Gasteiger partial charge is 0.387 e. The highest BCUT2D eigenvalue weighted by Crippen LogP contribution is 2.12. The van der Waals surface area contributed by atoms with Gasteiger partial charge in [0.15, 0.2) is 0 Å². The molecule has 1 aromatic rings. The average Bonchev–Trinajstić information content (AvgIpc) is 2.53. The van der Waals surface area contributed by atoms with E-state index in [1.165, 1.54) is 18.2 Å². The predicted octanol–water partition coefficient (Wildman–Crippen LogP) is 0.491. The van der Waals surface area contributed by atoms with Gasteiger partial charge in [-0.3, -0.25) is 4.90 Å². The van der Waals surface area contributed by atoms with Crippen molar-refractivity contribution < 1.29 is 19.0 Å². The Morgan fingerprint density at radius 2 is 2.14 bits per heavy atom. The average molecular weight is 311 g/mol. The second-order valence-electron chi connectivity index (χ2n) is 5.16. The number of benzene rings is 1. The minimum absolute atomic E-state index is 0.0346. The van der Waals surface area contributed by atoms with Crippen LogP contribution in [0, 0.1) is 5.82 Å². The molecular formula is C15H22FN3O3. The molecule has 1 fully saturated rings. The maximum atomic E-state index is 13.0. The summed E-state index contributed by atoms with van der Waals surface area (Å²) >= 11 is 0. The van der Waals surface area contributed by atoms with Gasteiger partial charge in [-0.05, 0) is 17.7 Å². The third kappa shape index (κ3) is 5.59. The fourth-order valence-electron chi connectivity index (χ4n) is 2.24. The summed E-state index contributed by atoms with van der Waals surface area (Å²) in [7, 11) is 0. The van der Waals surface area contributed by atoms with Gasteiger partial charge in [0.2, 0.25) is 0 Å². The van der Waals surface area contributed by atoms with E-state index >= 15 is 0 Å². The summed E-state index contributed by atoms with van der Waals surface area (Å²) in [4.78, 5) is 13.9. The van der Waals surface area contributed by atoms with E-state index < -0.39 is 11.9 Å². The first-order valence-corrected chi connectivity index (χ1v) is 7.40. The highest BCUT2D eigenvalue weighted by Gasteiger charge is 2.12. The number of urea groups is 1. The van der Waals surface area contributed by atoms with Crippen LogP contribution in [0.15, 0.2) is 24.3 Å². The van der Waals surface area contributed by atoms with Gasteiger partial charge in [-0.25, -0.2) is 9.18 Å². The molecule has 0 radical (unpaired) electrons. The van der Waals surface area contributed by atoms with Crippen LogP contribution in [0.5, 0.6) is 0 Å². The van der Waals surface area contributed by atoms with Crippen LogP contribution in [-0.4, -0.2) is 62.0 Å². The molecular weight excluding hydrogens is 289 g/mol. The van der Waals surface area contributed by atoms with Crippen LogP contribution in [0.3, 0.4) is 0 Å². The van der Waals surface area contributed by atoms with Gasteiger partial charge in [0.25, 0.3) is 0 Å². The van der Waals surface area contributed by atoms with E-state index in [-0.39, 0.29) is 12.6 Å². The number of carbonyl (C=O) groups is 1. The lowest BCUT2D eigenvalue weighted by molar-refractivity contribution is 0.0387. The summed E-state index contributed by atoms with van der Waals surface area (Å²) < 4.78 is 18.3. The molecule has 1 heterocycles. The van der Waals surface area contributed by atoms with E-state index in [1.54, 1.807) is 6.07 Å². The maximum absolute atomic E-state index is 13.0. The van der Waals surface area contributed by atoms with Crippen molar-refractivity contribution in [3.8, 4) is 0 Å². The molecule has 2 rings (SSSR count). The maximum Gasteiger partial charge on any atom is 0.314 e. The number of morpholine rings is 1. The molecule has 7 heteroatoms. The van der Waals surface area contributed by atoms with Gasteiger partial charge in [-0.15, -0.1) is 0 Å². The molecule has 1 atom stereocenters. The molecule has 3 N–H and O–H groups in total. The van der Waals surface area contributed by atoms with Crippen molar-refractivity contribution >= 4 is 6.03 Å². The van der Waals surface area contributed by atoms with Gasteiger partial charge in [-0.2, -0.15) is 0 Å². The van der Waals surface area contributed by atoms with Crippen LogP contribution in [-0.2, 0) is 4.74 Å². The first kappa shape index (κ1) is 16.7. The SMILES string of the molecule is O=C(NCCN1CCOCC1)NC[C@@H](O)c1cccc(F)c1. The predicted molar refractivity (Wildman–Crippen MR) is 80.0 cm³/mol. The highest BCUT2D eigenvalue weighted by atomic mass is 19.1. The molecule has 0 bridgehead atoms. The van der Waals surface area contributed by atoms with Gasteiger partial charge < -0.3 is 20.5 Å². The first-order valence-electron chi connectivity index (χ1n) is 7.40. The molecule has 0 saturated carbocycles. The number of aliphatic hydroxyl groups is 1. The van der Waals surface area contributed by atoms with Crippen LogP contribution >= 0.6 is 0 Å². The molecule has 22 heavy (non-hydrogen) atoms. The van der Waals surface area contributed by atoms with Crippen molar-refractivity contribution in [2.75, 3.05) is 45.9 Å². The molecule has 1 aliphatic heterocycles. The Morgan fingerprint density at radius 1 is 1.36 bits per heavy atom. The van der Waals surface area contributed by atoms with Crippen LogP contribution in [0.1, 0.15) is 11.7 Å². The number of hydrogen-bond acceptors (Lipinski definition) is 4. The summed E-state index contributed by atoms with van der Waals surface area (Å²) in [6, 6.07) is 5.36. The van der Waals surface area contributed by atoms with Gasteiger partial charge in [0.1, 0.15) is 5.82 Å². The summed E-state index contributed by atoms with van der Waals surface area (Å²) in [6.07, 6.45) is -0.930. The number of rotatable bonds is 6. The fourth-order valence-corrected chi connectivity index (χ4v) is 2.24. The van der Waals surface area contributed by atoms with Gasteiger partial charge in [0.05, 0.1) is 19.3 Å². The zero-order valence-electron chi connectivity index (χ0n) is 12.4. The molecule has 0 aliphatic carbocycles. The highest BCUT2D eigenvalue weighted by molar-refractivity contribution is 5.73. The Bertz CT molecular complexity index is 481. The molecule has 1 aliphatic rings. The topological polar surface area (TPSA) is 73.8 Å². The molecule has 0 unspecified atom stereocenters. The smallest absolute Gasteiger partial charge is 0.314 e. The van der Waals surface area contributed by atoms with Crippen LogP contribution in [0.2, 0.25) is 0 Å². The third-order valence-corrected chi connectivity index (χ3v) is 3.51. The van der Waals surface area contributed by atoms with Crippen molar-refractivity contribution in [1.82, 2.24) is 15.5 Å². The molecule has 0 aromatic heterocycles. The molecule has 2 amide bonds. The van der Waals surface area contributed by atoms with Crippen LogP contribution < -0.4 is 10.6 Å². The van der Waals surface area contributed by atoms with E-state index in [0.717, 1.165) is 32.8 Å². The number of nitrogens with one attached hydrogen (secondary N) is 2. The van der Waals surface area contributed by atoms with E-state index in [2.05, 4.69) is 15.5 Å². The molecule has 1 saturated heterocycles. The normalized spacial score (nSPS) is 17.0. The van der Waals surface area contributed by atoms with Crippen molar-refractivity contribution in [3.05, 3.63) is 35.6 Å². The zero-order chi connectivity index (χ0) is 15.8. The lowest BCUT2D eigenvalue weighted by atomic mass is 10.1.